The molecule has 3 aromatic rings. The molecule has 4 heteroatoms. The van der Waals surface area contributed by atoms with E-state index >= 15 is 0 Å². The first-order valence-electron chi connectivity index (χ1n) is 8.04. The monoisotopic (exact) mass is 345 g/mol. The lowest BCUT2D eigenvalue weighted by atomic mass is 10.1. The van der Waals surface area contributed by atoms with Gasteiger partial charge in [-0.2, -0.15) is 5.26 Å². The Bertz CT molecular complexity index is 977. The van der Waals surface area contributed by atoms with E-state index in [9.17, 15) is 5.26 Å². The van der Waals surface area contributed by atoms with E-state index in [0.717, 1.165) is 22.0 Å². The van der Waals surface area contributed by atoms with Crippen molar-refractivity contribution in [1.82, 2.24) is 4.98 Å². The number of benzene rings is 2. The Balaban J connectivity index is 1.85. The molecule has 0 aliphatic carbocycles. The lowest BCUT2D eigenvalue weighted by Crippen LogP contribution is -1.91. The van der Waals surface area contributed by atoms with E-state index in [1.807, 2.05) is 36.6 Å². The maximum atomic E-state index is 9.48. The summed E-state index contributed by atoms with van der Waals surface area (Å²) >= 11 is 1.48. The van der Waals surface area contributed by atoms with Gasteiger partial charge in [-0.05, 0) is 55.7 Å². The summed E-state index contributed by atoms with van der Waals surface area (Å²) in [6, 6.07) is 16.6. The minimum Gasteiger partial charge on any atom is -0.360 e. The van der Waals surface area contributed by atoms with Crippen LogP contribution in [0.5, 0.6) is 0 Å². The van der Waals surface area contributed by atoms with Gasteiger partial charge in [0.1, 0.15) is 16.6 Å². The van der Waals surface area contributed by atoms with Gasteiger partial charge < -0.3 is 5.32 Å². The zero-order valence-corrected chi connectivity index (χ0v) is 15.3. The molecule has 0 fully saturated rings. The summed E-state index contributed by atoms with van der Waals surface area (Å²) in [5.41, 5.74) is 7.14. The topological polar surface area (TPSA) is 48.7 Å². The van der Waals surface area contributed by atoms with Gasteiger partial charge in [0, 0.05) is 22.8 Å². The van der Waals surface area contributed by atoms with Crippen molar-refractivity contribution in [2.24, 2.45) is 0 Å². The van der Waals surface area contributed by atoms with Crippen LogP contribution in [0.15, 0.2) is 54.0 Å². The fraction of sp³-hybridized carbons (Fsp3) is 0.143. The van der Waals surface area contributed by atoms with E-state index in [1.54, 1.807) is 6.20 Å². The van der Waals surface area contributed by atoms with Crippen LogP contribution in [0.1, 0.15) is 21.7 Å². The Morgan fingerprint density at radius 2 is 1.96 bits per heavy atom. The number of aryl methyl sites for hydroxylation is 3. The van der Waals surface area contributed by atoms with Crippen LogP contribution in [0.2, 0.25) is 0 Å². The van der Waals surface area contributed by atoms with Crippen LogP contribution in [0.3, 0.4) is 0 Å². The molecule has 0 radical (unpaired) electrons. The second-order valence-electron chi connectivity index (χ2n) is 6.02. The first-order chi connectivity index (χ1) is 12.1. The fourth-order valence-electron chi connectivity index (χ4n) is 2.46. The number of nitriles is 1. The van der Waals surface area contributed by atoms with Gasteiger partial charge in [-0.15, -0.1) is 11.3 Å². The lowest BCUT2D eigenvalue weighted by Gasteiger charge is -2.03. The molecule has 124 valence electrons. The first-order valence-corrected chi connectivity index (χ1v) is 8.92. The highest BCUT2D eigenvalue weighted by molar-refractivity contribution is 7.11. The highest BCUT2D eigenvalue weighted by atomic mass is 32.1. The zero-order valence-electron chi connectivity index (χ0n) is 14.5. The number of thiazole rings is 1. The Labute approximate surface area is 152 Å². The Morgan fingerprint density at radius 1 is 1.12 bits per heavy atom. The number of hydrogen-bond acceptors (Lipinski definition) is 4. The largest absolute Gasteiger partial charge is 0.360 e. The molecule has 0 atom stereocenters. The quantitative estimate of drug-likeness (QED) is 0.616. The molecule has 0 aliphatic heterocycles. The van der Waals surface area contributed by atoms with Gasteiger partial charge in [-0.1, -0.05) is 24.3 Å². The van der Waals surface area contributed by atoms with Gasteiger partial charge in [0.05, 0.1) is 5.69 Å². The van der Waals surface area contributed by atoms with Crippen LogP contribution in [-0.2, 0) is 0 Å². The maximum absolute atomic E-state index is 9.48. The molecule has 1 aromatic heterocycles. The molecule has 25 heavy (non-hydrogen) atoms. The van der Waals surface area contributed by atoms with Crippen LogP contribution in [0.4, 0.5) is 5.69 Å². The van der Waals surface area contributed by atoms with Gasteiger partial charge in [0.25, 0.3) is 0 Å². The van der Waals surface area contributed by atoms with Crippen molar-refractivity contribution in [1.29, 1.82) is 5.26 Å². The average molecular weight is 345 g/mol. The van der Waals surface area contributed by atoms with E-state index in [2.05, 4.69) is 48.4 Å². The molecule has 0 saturated heterocycles. The second-order valence-corrected chi connectivity index (χ2v) is 6.88. The van der Waals surface area contributed by atoms with Crippen molar-refractivity contribution in [3.8, 4) is 17.3 Å². The van der Waals surface area contributed by atoms with Crippen molar-refractivity contribution in [3.05, 3.63) is 75.7 Å². The standard InChI is InChI=1S/C21H19N3S/c1-14-5-4-6-19(9-14)23-12-18(11-22)21-24-20(13-25-21)17-8-7-15(2)16(3)10-17/h4-10,12-13,23H,1-3H3/b18-12+. The van der Waals surface area contributed by atoms with Crippen molar-refractivity contribution >= 4 is 22.6 Å². The summed E-state index contributed by atoms with van der Waals surface area (Å²) in [7, 11) is 0. The van der Waals surface area contributed by atoms with Gasteiger partial charge in [-0.25, -0.2) is 4.98 Å². The summed E-state index contributed by atoms with van der Waals surface area (Å²) in [5.74, 6) is 0. The molecular formula is C21H19N3S. The van der Waals surface area contributed by atoms with E-state index in [4.69, 9.17) is 0 Å². The van der Waals surface area contributed by atoms with Gasteiger partial charge in [0.15, 0.2) is 0 Å². The van der Waals surface area contributed by atoms with Crippen LogP contribution in [0.25, 0.3) is 16.8 Å². The summed E-state index contributed by atoms with van der Waals surface area (Å²) in [6.07, 6.45) is 1.72. The molecule has 0 aliphatic rings. The van der Waals surface area contributed by atoms with E-state index in [1.165, 1.54) is 28.0 Å². The summed E-state index contributed by atoms with van der Waals surface area (Å²) in [6.45, 7) is 6.23. The molecule has 0 saturated carbocycles. The average Bonchev–Trinajstić information content (AvgIpc) is 3.08. The predicted octanol–water partition coefficient (Wildman–Crippen LogP) is 5.71. The second kappa shape index (κ2) is 7.33. The molecule has 1 heterocycles. The number of anilines is 1. The van der Waals surface area contributed by atoms with Crippen LogP contribution in [-0.4, -0.2) is 4.98 Å². The van der Waals surface area contributed by atoms with E-state index in [-0.39, 0.29) is 0 Å². The highest BCUT2D eigenvalue weighted by Gasteiger charge is 2.09. The molecule has 1 N–H and O–H groups in total. The molecule has 3 nitrogen and oxygen atoms in total. The first kappa shape index (κ1) is 16.9. The van der Waals surface area contributed by atoms with Gasteiger partial charge >= 0.3 is 0 Å². The minimum absolute atomic E-state index is 0.529. The molecule has 2 aromatic carbocycles. The normalized spacial score (nSPS) is 11.2. The number of nitrogens with one attached hydrogen (secondary N) is 1. The smallest absolute Gasteiger partial charge is 0.136 e. The molecule has 0 bridgehead atoms. The molecule has 0 spiro atoms. The van der Waals surface area contributed by atoms with Crippen molar-refractivity contribution in [3.63, 3.8) is 0 Å². The van der Waals surface area contributed by atoms with Crippen LogP contribution in [0, 0.1) is 32.1 Å². The minimum atomic E-state index is 0.529. The summed E-state index contributed by atoms with van der Waals surface area (Å²) in [4.78, 5) is 4.64. The number of allylic oxidation sites excluding steroid dienone is 1. The lowest BCUT2D eigenvalue weighted by molar-refractivity contribution is 1.31. The highest BCUT2D eigenvalue weighted by Crippen LogP contribution is 2.27. The van der Waals surface area contributed by atoms with Crippen LogP contribution >= 0.6 is 11.3 Å². The summed E-state index contributed by atoms with van der Waals surface area (Å²) in [5, 5.41) is 15.4. The van der Waals surface area contributed by atoms with Crippen LogP contribution < -0.4 is 5.32 Å². The summed E-state index contributed by atoms with van der Waals surface area (Å²) < 4.78 is 0. The number of hydrogen-bond donors (Lipinski definition) is 1. The molecular weight excluding hydrogens is 326 g/mol. The van der Waals surface area contributed by atoms with E-state index in [0.29, 0.717) is 5.57 Å². The Morgan fingerprint density at radius 3 is 2.68 bits per heavy atom. The van der Waals surface area contributed by atoms with Crippen molar-refractivity contribution in [2.75, 3.05) is 5.32 Å². The third-order valence-electron chi connectivity index (χ3n) is 4.06. The number of nitrogens with zero attached hydrogens (tertiary/aromatic N) is 2. The van der Waals surface area contributed by atoms with Crippen molar-refractivity contribution in [2.45, 2.75) is 20.8 Å². The van der Waals surface area contributed by atoms with Gasteiger partial charge in [0.2, 0.25) is 0 Å². The Hall–Kier alpha value is -2.90. The van der Waals surface area contributed by atoms with Gasteiger partial charge in [-0.3, -0.25) is 0 Å². The molecule has 3 rings (SSSR count). The molecule has 0 amide bonds. The third kappa shape index (κ3) is 3.96. The predicted molar refractivity (Wildman–Crippen MR) is 105 cm³/mol. The number of rotatable bonds is 4. The zero-order chi connectivity index (χ0) is 17.8. The SMILES string of the molecule is Cc1cccc(N/C=C(\C#N)c2nc(-c3ccc(C)c(C)c3)cs2)c1. The van der Waals surface area contributed by atoms with Crippen molar-refractivity contribution < 1.29 is 0 Å². The molecule has 0 unspecified atom stereocenters. The fourth-order valence-corrected chi connectivity index (χ4v) is 3.26. The third-order valence-corrected chi connectivity index (χ3v) is 4.93. The van der Waals surface area contributed by atoms with E-state index < -0.39 is 0 Å². The Kier molecular flexibility index (Phi) is 4.97. The number of aromatic nitrogens is 1. The maximum Gasteiger partial charge on any atom is 0.136 e.